The van der Waals surface area contributed by atoms with Crippen LogP contribution in [0.25, 0.3) is 0 Å². The number of nitrogens with one attached hydrogen (secondary N) is 1. The van der Waals surface area contributed by atoms with Crippen LogP contribution in [0.1, 0.15) is 35.2 Å². The molecule has 4 rings (SSSR count). The lowest BCUT2D eigenvalue weighted by Gasteiger charge is -2.31. The quantitative estimate of drug-likeness (QED) is 0.745. The molecule has 2 heterocycles. The molecule has 0 saturated carbocycles. The van der Waals surface area contributed by atoms with Crippen LogP contribution in [0.15, 0.2) is 42.5 Å². The highest BCUT2D eigenvalue weighted by atomic mass is 19.4. The van der Waals surface area contributed by atoms with E-state index in [9.17, 15) is 22.8 Å². The third kappa shape index (κ3) is 4.60. The Balaban J connectivity index is 1.57. The summed E-state index contributed by atoms with van der Waals surface area (Å²) in [5, 5.41) is 2.65. The Labute approximate surface area is 177 Å². The van der Waals surface area contributed by atoms with Crippen molar-refractivity contribution in [3.05, 3.63) is 53.6 Å². The molecule has 2 aliphatic heterocycles. The van der Waals surface area contributed by atoms with Crippen molar-refractivity contribution in [2.45, 2.75) is 25.4 Å². The van der Waals surface area contributed by atoms with Crippen molar-refractivity contribution in [3.8, 4) is 0 Å². The number of piperidine rings is 1. The van der Waals surface area contributed by atoms with Crippen LogP contribution in [0.2, 0.25) is 0 Å². The molecule has 0 unspecified atom stereocenters. The van der Waals surface area contributed by atoms with Gasteiger partial charge in [-0.15, -0.1) is 0 Å². The van der Waals surface area contributed by atoms with Crippen molar-refractivity contribution in [1.82, 2.24) is 0 Å². The summed E-state index contributed by atoms with van der Waals surface area (Å²) in [6.45, 7) is 2.19. The summed E-state index contributed by atoms with van der Waals surface area (Å²) >= 11 is 0. The van der Waals surface area contributed by atoms with Crippen LogP contribution in [0, 0.1) is 0 Å². The van der Waals surface area contributed by atoms with Gasteiger partial charge in [-0.3, -0.25) is 9.69 Å². The first kappa shape index (κ1) is 21.0. The summed E-state index contributed by atoms with van der Waals surface area (Å²) in [5.41, 5.74) is 0.767. The van der Waals surface area contributed by atoms with E-state index in [1.807, 2.05) is 4.90 Å². The average molecular weight is 433 g/mol. The summed E-state index contributed by atoms with van der Waals surface area (Å²) in [4.78, 5) is 27.9. The number of hydrogen-bond donors (Lipinski definition) is 1. The van der Waals surface area contributed by atoms with E-state index in [1.54, 1.807) is 12.1 Å². The van der Waals surface area contributed by atoms with Crippen LogP contribution >= 0.6 is 0 Å². The molecule has 2 saturated heterocycles. The van der Waals surface area contributed by atoms with Crippen molar-refractivity contribution < 1.29 is 27.5 Å². The number of alkyl halides is 3. The molecule has 2 aromatic carbocycles. The normalized spacial score (nSPS) is 16.9. The van der Waals surface area contributed by atoms with Gasteiger partial charge in [-0.25, -0.2) is 4.79 Å². The SMILES string of the molecule is O=C(Nc1cc(C(F)(F)F)ccc1N1CCCCC1)c1ccc(N2CCOC2=O)cc1. The van der Waals surface area contributed by atoms with Gasteiger partial charge < -0.3 is 15.0 Å². The molecule has 0 bridgehead atoms. The van der Waals surface area contributed by atoms with Gasteiger partial charge in [0.2, 0.25) is 0 Å². The maximum atomic E-state index is 13.3. The minimum Gasteiger partial charge on any atom is -0.447 e. The molecule has 164 valence electrons. The van der Waals surface area contributed by atoms with Crippen LogP contribution in [0.5, 0.6) is 0 Å². The molecule has 0 radical (unpaired) electrons. The first-order valence-corrected chi connectivity index (χ1v) is 10.1. The van der Waals surface area contributed by atoms with Crippen LogP contribution in [0.4, 0.5) is 35.0 Å². The minimum absolute atomic E-state index is 0.133. The van der Waals surface area contributed by atoms with Gasteiger partial charge in [0.25, 0.3) is 5.91 Å². The zero-order valence-electron chi connectivity index (χ0n) is 16.7. The highest BCUT2D eigenvalue weighted by Crippen LogP contribution is 2.36. The highest BCUT2D eigenvalue weighted by Gasteiger charge is 2.32. The first-order valence-electron chi connectivity index (χ1n) is 10.1. The Hall–Kier alpha value is -3.23. The van der Waals surface area contributed by atoms with Crippen molar-refractivity contribution >= 4 is 29.1 Å². The molecule has 2 aliphatic rings. The van der Waals surface area contributed by atoms with E-state index >= 15 is 0 Å². The smallest absolute Gasteiger partial charge is 0.416 e. The van der Waals surface area contributed by atoms with Crippen LogP contribution in [0.3, 0.4) is 0 Å². The summed E-state index contributed by atoms with van der Waals surface area (Å²) in [6, 6.07) is 9.74. The van der Waals surface area contributed by atoms with Gasteiger partial charge in [0, 0.05) is 24.3 Å². The Morgan fingerprint density at radius 3 is 2.29 bits per heavy atom. The van der Waals surface area contributed by atoms with Gasteiger partial charge in [-0.05, 0) is 61.7 Å². The van der Waals surface area contributed by atoms with Gasteiger partial charge in [0.15, 0.2) is 0 Å². The molecule has 0 aliphatic carbocycles. The summed E-state index contributed by atoms with van der Waals surface area (Å²) in [6.07, 6.45) is -1.97. The second-order valence-corrected chi connectivity index (χ2v) is 7.54. The first-order chi connectivity index (χ1) is 14.8. The van der Waals surface area contributed by atoms with Crippen molar-refractivity contribution in [2.24, 2.45) is 0 Å². The summed E-state index contributed by atoms with van der Waals surface area (Å²) < 4.78 is 44.7. The Kier molecular flexibility index (Phi) is 5.75. The number of cyclic esters (lactones) is 1. The number of carbonyl (C=O) groups is 2. The molecule has 2 amide bonds. The molecule has 9 heteroatoms. The fraction of sp³-hybridized carbons (Fsp3) is 0.364. The lowest BCUT2D eigenvalue weighted by molar-refractivity contribution is -0.137. The van der Waals surface area contributed by atoms with E-state index in [2.05, 4.69) is 5.32 Å². The highest BCUT2D eigenvalue weighted by molar-refractivity contribution is 6.06. The number of ether oxygens (including phenoxy) is 1. The Bertz CT molecular complexity index is 970. The van der Waals surface area contributed by atoms with E-state index in [0.717, 1.165) is 44.5 Å². The number of benzene rings is 2. The fourth-order valence-electron chi connectivity index (χ4n) is 3.84. The topological polar surface area (TPSA) is 61.9 Å². The summed E-state index contributed by atoms with van der Waals surface area (Å²) in [7, 11) is 0. The number of amides is 2. The molecule has 0 spiro atoms. The molecule has 0 atom stereocenters. The van der Waals surface area contributed by atoms with Crippen LogP contribution < -0.4 is 15.1 Å². The number of hydrogen-bond acceptors (Lipinski definition) is 4. The monoisotopic (exact) mass is 433 g/mol. The van der Waals surface area contributed by atoms with Crippen LogP contribution in [-0.2, 0) is 10.9 Å². The fourth-order valence-corrected chi connectivity index (χ4v) is 3.84. The largest absolute Gasteiger partial charge is 0.447 e. The molecular formula is C22H22F3N3O3. The Morgan fingerprint density at radius 2 is 1.68 bits per heavy atom. The number of nitrogens with zero attached hydrogens (tertiary/aromatic N) is 2. The lowest BCUT2D eigenvalue weighted by Crippen LogP contribution is -2.30. The van der Waals surface area contributed by atoms with Gasteiger partial charge in [0.1, 0.15) is 6.61 Å². The van der Waals surface area contributed by atoms with Crippen LogP contribution in [-0.4, -0.2) is 38.2 Å². The van der Waals surface area contributed by atoms with E-state index in [-0.39, 0.29) is 11.3 Å². The predicted molar refractivity (Wildman–Crippen MR) is 111 cm³/mol. The molecule has 2 fully saturated rings. The molecular weight excluding hydrogens is 411 g/mol. The van der Waals surface area contributed by atoms with Gasteiger partial charge in [-0.1, -0.05) is 0 Å². The van der Waals surface area contributed by atoms with E-state index in [4.69, 9.17) is 4.74 Å². The number of rotatable bonds is 4. The minimum atomic E-state index is -4.51. The van der Waals surface area contributed by atoms with Gasteiger partial charge >= 0.3 is 12.3 Å². The van der Waals surface area contributed by atoms with E-state index in [1.165, 1.54) is 23.1 Å². The summed E-state index contributed by atoms with van der Waals surface area (Å²) in [5.74, 6) is -0.520. The van der Waals surface area contributed by atoms with Crippen molar-refractivity contribution in [3.63, 3.8) is 0 Å². The standard InChI is InChI=1S/C22H22F3N3O3/c23-22(24,25)16-6-9-19(27-10-2-1-3-11-27)18(14-16)26-20(29)15-4-7-17(8-5-15)28-12-13-31-21(28)30/h4-9,14H,1-3,10-13H2,(H,26,29). The third-order valence-electron chi connectivity index (χ3n) is 5.47. The maximum absolute atomic E-state index is 13.3. The average Bonchev–Trinajstić information content (AvgIpc) is 3.19. The Morgan fingerprint density at radius 1 is 0.968 bits per heavy atom. The van der Waals surface area contributed by atoms with Gasteiger partial charge in [0.05, 0.1) is 23.5 Å². The maximum Gasteiger partial charge on any atom is 0.416 e. The zero-order chi connectivity index (χ0) is 22.0. The molecule has 1 N–H and O–H groups in total. The molecule has 0 aromatic heterocycles. The molecule has 31 heavy (non-hydrogen) atoms. The van der Waals surface area contributed by atoms with E-state index < -0.39 is 23.7 Å². The number of carbonyl (C=O) groups excluding carboxylic acids is 2. The van der Waals surface area contributed by atoms with Crippen molar-refractivity contribution in [1.29, 1.82) is 0 Å². The number of anilines is 3. The van der Waals surface area contributed by atoms with Crippen molar-refractivity contribution in [2.75, 3.05) is 41.4 Å². The number of halogens is 3. The zero-order valence-corrected chi connectivity index (χ0v) is 16.7. The molecule has 6 nitrogen and oxygen atoms in total. The lowest BCUT2D eigenvalue weighted by atomic mass is 10.1. The third-order valence-corrected chi connectivity index (χ3v) is 5.47. The second-order valence-electron chi connectivity index (χ2n) is 7.54. The van der Waals surface area contributed by atoms with E-state index in [0.29, 0.717) is 24.5 Å². The predicted octanol–water partition coefficient (Wildman–Crippen LogP) is 4.90. The van der Waals surface area contributed by atoms with Gasteiger partial charge in [-0.2, -0.15) is 13.2 Å². The second kappa shape index (κ2) is 8.49. The molecule has 2 aromatic rings.